The Morgan fingerprint density at radius 1 is 1.24 bits per heavy atom. The van der Waals surface area contributed by atoms with E-state index in [1.807, 2.05) is 0 Å². The highest BCUT2D eigenvalue weighted by Crippen LogP contribution is 2.59. The van der Waals surface area contributed by atoms with Gasteiger partial charge < -0.3 is 14.5 Å². The summed E-state index contributed by atoms with van der Waals surface area (Å²) in [4.78, 5) is 7.37. The number of aromatic nitrogens is 2. The predicted octanol–water partition coefficient (Wildman–Crippen LogP) is 5.70. The Balaban J connectivity index is 1.96. The standard InChI is InChI=1S/C22H22F5N3O3S/c1-10-15(11-8-9-12(23)16(24)18(11)32-3)19(33-21(10,2)22(25,26)27)20-29-13-6-5-7-14(17(13)30-20)34(4,28)31/h5-10,15,19,28H,1-4H3,(H,29,30)/t10-,15-,19+,21+,34?/m0/s1. The zero-order chi connectivity index (χ0) is 25.2. The fourth-order valence-corrected chi connectivity index (χ4v) is 5.39. The molecule has 0 aliphatic carbocycles. The minimum Gasteiger partial charge on any atom is -0.493 e. The van der Waals surface area contributed by atoms with Crippen molar-refractivity contribution in [2.45, 2.75) is 42.5 Å². The molecule has 1 aliphatic rings. The Bertz CT molecular complexity index is 1370. The minimum absolute atomic E-state index is 0.00710. The van der Waals surface area contributed by atoms with E-state index in [0.29, 0.717) is 5.52 Å². The molecule has 1 unspecified atom stereocenters. The third-order valence-corrected chi connectivity index (χ3v) is 7.66. The van der Waals surface area contributed by atoms with E-state index in [9.17, 15) is 26.2 Å². The Labute approximate surface area is 192 Å². The Hall–Kier alpha value is -2.73. The molecule has 34 heavy (non-hydrogen) atoms. The van der Waals surface area contributed by atoms with Crippen molar-refractivity contribution in [3.63, 3.8) is 0 Å². The number of rotatable bonds is 4. The van der Waals surface area contributed by atoms with Crippen LogP contribution in [0.25, 0.3) is 11.0 Å². The number of halogens is 5. The second-order valence-electron chi connectivity index (χ2n) is 8.56. The van der Waals surface area contributed by atoms with Gasteiger partial charge >= 0.3 is 6.18 Å². The molecule has 184 valence electrons. The molecule has 0 amide bonds. The molecule has 0 saturated carbocycles. The highest BCUT2D eigenvalue weighted by atomic mass is 32.2. The Kier molecular flexibility index (Phi) is 5.67. The first-order chi connectivity index (χ1) is 15.7. The van der Waals surface area contributed by atoms with E-state index in [2.05, 4.69) is 9.97 Å². The summed E-state index contributed by atoms with van der Waals surface area (Å²) in [5, 5.41) is 0. The zero-order valence-electron chi connectivity index (χ0n) is 18.6. The summed E-state index contributed by atoms with van der Waals surface area (Å²) in [6.45, 7) is 2.21. The number of H-pyrrole nitrogens is 1. The number of ether oxygens (including phenoxy) is 2. The van der Waals surface area contributed by atoms with Crippen LogP contribution < -0.4 is 4.74 Å². The van der Waals surface area contributed by atoms with Crippen LogP contribution in [0.5, 0.6) is 5.75 Å². The summed E-state index contributed by atoms with van der Waals surface area (Å²) in [5.41, 5.74) is -2.14. The molecular formula is C22H22F5N3O3S. The van der Waals surface area contributed by atoms with Crippen LogP contribution in [0.15, 0.2) is 35.2 Å². The lowest BCUT2D eigenvalue weighted by Gasteiger charge is -2.32. The van der Waals surface area contributed by atoms with E-state index in [1.54, 1.807) is 12.1 Å². The van der Waals surface area contributed by atoms with Crippen molar-refractivity contribution in [2.75, 3.05) is 13.4 Å². The molecule has 6 nitrogen and oxygen atoms in total. The average Bonchev–Trinajstić information content (AvgIpc) is 3.28. The Morgan fingerprint density at radius 3 is 2.50 bits per heavy atom. The average molecular weight is 503 g/mol. The van der Waals surface area contributed by atoms with E-state index in [0.717, 1.165) is 20.1 Å². The van der Waals surface area contributed by atoms with E-state index in [-0.39, 0.29) is 21.8 Å². The van der Waals surface area contributed by atoms with Crippen molar-refractivity contribution in [1.82, 2.24) is 9.97 Å². The quantitative estimate of drug-likeness (QED) is 0.448. The third-order valence-electron chi connectivity index (χ3n) is 6.50. The van der Waals surface area contributed by atoms with Crippen LogP contribution in [-0.2, 0) is 14.5 Å². The number of imidazole rings is 1. The number of alkyl halides is 3. The van der Waals surface area contributed by atoms with Gasteiger partial charge in [-0.25, -0.2) is 18.4 Å². The third kappa shape index (κ3) is 3.63. The number of aromatic amines is 1. The van der Waals surface area contributed by atoms with Gasteiger partial charge in [-0.3, -0.25) is 0 Å². The maximum absolute atomic E-state index is 14.5. The molecule has 2 heterocycles. The van der Waals surface area contributed by atoms with Gasteiger partial charge in [0.2, 0.25) is 5.82 Å². The number of nitrogens with one attached hydrogen (secondary N) is 2. The van der Waals surface area contributed by atoms with Crippen LogP contribution in [0.2, 0.25) is 0 Å². The number of nitrogens with zero attached hydrogens (tertiary/aromatic N) is 1. The van der Waals surface area contributed by atoms with Crippen molar-refractivity contribution in [3.8, 4) is 5.75 Å². The van der Waals surface area contributed by atoms with Crippen molar-refractivity contribution in [2.24, 2.45) is 5.92 Å². The lowest BCUT2D eigenvalue weighted by Crippen LogP contribution is -2.46. The SMILES string of the molecule is COc1c([C@H]2[C@H](c3nc4c(S(C)(=N)=O)cccc4[nH]3)O[C@@](C)(C(F)(F)F)[C@H]2C)ccc(F)c1F. The van der Waals surface area contributed by atoms with Crippen LogP contribution >= 0.6 is 0 Å². The molecular weight excluding hydrogens is 481 g/mol. The van der Waals surface area contributed by atoms with Crippen molar-refractivity contribution >= 4 is 20.8 Å². The normalized spacial score (nSPS) is 27.1. The summed E-state index contributed by atoms with van der Waals surface area (Å²) in [6.07, 6.45) is -4.94. The summed E-state index contributed by atoms with van der Waals surface area (Å²) < 4.78 is 102. The van der Waals surface area contributed by atoms with Crippen LogP contribution in [0.3, 0.4) is 0 Å². The van der Waals surface area contributed by atoms with Gasteiger partial charge in [0.1, 0.15) is 17.4 Å². The van der Waals surface area contributed by atoms with Gasteiger partial charge in [0, 0.05) is 23.7 Å². The molecule has 12 heteroatoms. The number of hydrogen-bond donors (Lipinski definition) is 2. The number of para-hydroxylation sites is 1. The number of hydrogen-bond acceptors (Lipinski definition) is 5. The molecule has 0 bridgehead atoms. The fraction of sp³-hybridized carbons (Fsp3) is 0.409. The van der Waals surface area contributed by atoms with E-state index in [4.69, 9.17) is 14.3 Å². The first kappa shape index (κ1) is 24.4. The molecule has 1 aliphatic heterocycles. The van der Waals surface area contributed by atoms with E-state index >= 15 is 0 Å². The van der Waals surface area contributed by atoms with Gasteiger partial charge in [-0.1, -0.05) is 19.1 Å². The summed E-state index contributed by atoms with van der Waals surface area (Å²) in [5.74, 6) is -5.46. The maximum atomic E-state index is 14.5. The molecule has 1 saturated heterocycles. The predicted molar refractivity (Wildman–Crippen MR) is 114 cm³/mol. The maximum Gasteiger partial charge on any atom is 0.417 e. The van der Waals surface area contributed by atoms with Crippen LogP contribution in [0.4, 0.5) is 22.0 Å². The fourth-order valence-electron chi connectivity index (χ4n) is 4.52. The minimum atomic E-state index is -4.79. The van der Waals surface area contributed by atoms with Gasteiger partial charge in [0.15, 0.2) is 17.2 Å². The largest absolute Gasteiger partial charge is 0.493 e. The Morgan fingerprint density at radius 2 is 1.91 bits per heavy atom. The molecule has 1 aromatic heterocycles. The van der Waals surface area contributed by atoms with E-state index in [1.165, 1.54) is 25.3 Å². The summed E-state index contributed by atoms with van der Waals surface area (Å²) >= 11 is 0. The molecule has 0 radical (unpaired) electrons. The van der Waals surface area contributed by atoms with Gasteiger partial charge in [0.05, 0.1) is 27.3 Å². The lowest BCUT2D eigenvalue weighted by molar-refractivity contribution is -0.275. The monoisotopic (exact) mass is 503 g/mol. The second kappa shape index (κ2) is 7.91. The molecule has 0 spiro atoms. The molecule has 4 rings (SSSR count). The van der Waals surface area contributed by atoms with E-state index < -0.39 is 56.8 Å². The number of benzene rings is 2. The van der Waals surface area contributed by atoms with Crippen LogP contribution in [0.1, 0.15) is 37.3 Å². The first-order valence-corrected chi connectivity index (χ1v) is 12.2. The van der Waals surface area contributed by atoms with Crippen LogP contribution in [0, 0.1) is 22.3 Å². The van der Waals surface area contributed by atoms with Gasteiger partial charge in [-0.05, 0) is 25.1 Å². The first-order valence-electron chi connectivity index (χ1n) is 10.2. The second-order valence-corrected chi connectivity index (χ2v) is 10.7. The summed E-state index contributed by atoms with van der Waals surface area (Å²) in [6, 6.07) is 6.58. The molecule has 2 aromatic carbocycles. The molecule has 1 fully saturated rings. The van der Waals surface area contributed by atoms with Crippen molar-refractivity contribution in [1.29, 1.82) is 4.78 Å². The van der Waals surface area contributed by atoms with Gasteiger partial charge in [0.25, 0.3) is 0 Å². The molecule has 5 atom stereocenters. The smallest absolute Gasteiger partial charge is 0.417 e. The highest BCUT2D eigenvalue weighted by molar-refractivity contribution is 7.92. The van der Waals surface area contributed by atoms with Crippen molar-refractivity contribution in [3.05, 3.63) is 53.4 Å². The molecule has 2 N–H and O–H groups in total. The topological polar surface area (TPSA) is 88.1 Å². The number of methoxy groups -OCH3 is 1. The number of fused-ring (bicyclic) bond motifs is 1. The summed E-state index contributed by atoms with van der Waals surface area (Å²) in [7, 11) is -2.10. The zero-order valence-corrected chi connectivity index (χ0v) is 19.4. The van der Waals surface area contributed by atoms with Gasteiger partial charge in [-0.15, -0.1) is 0 Å². The molecule has 3 aromatic rings. The lowest BCUT2D eigenvalue weighted by atomic mass is 9.77. The van der Waals surface area contributed by atoms with Crippen molar-refractivity contribution < 1.29 is 35.6 Å². The highest BCUT2D eigenvalue weighted by Gasteiger charge is 2.65. The van der Waals surface area contributed by atoms with Gasteiger partial charge in [-0.2, -0.15) is 17.6 Å². The van der Waals surface area contributed by atoms with Crippen LogP contribution in [-0.4, -0.2) is 39.3 Å².